The lowest BCUT2D eigenvalue weighted by molar-refractivity contribution is -0.116. The number of nitrogens with one attached hydrogen (secondary N) is 2. The van der Waals surface area contributed by atoms with Gasteiger partial charge in [0.05, 0.1) is 6.54 Å². The van der Waals surface area contributed by atoms with Gasteiger partial charge < -0.3 is 15.5 Å². The highest BCUT2D eigenvalue weighted by Crippen LogP contribution is 2.19. The summed E-state index contributed by atoms with van der Waals surface area (Å²) in [6.07, 6.45) is 0. The molecule has 136 valence electrons. The number of carbonyl (C=O) groups is 3. The summed E-state index contributed by atoms with van der Waals surface area (Å²) in [6.45, 7) is 5.17. The molecule has 0 heterocycles. The molecule has 0 fully saturated rings. The number of anilines is 2. The maximum absolute atomic E-state index is 12.5. The van der Waals surface area contributed by atoms with Crippen molar-refractivity contribution in [1.82, 2.24) is 4.90 Å². The van der Waals surface area contributed by atoms with Crippen molar-refractivity contribution in [1.29, 1.82) is 0 Å². The Morgan fingerprint density at radius 1 is 0.962 bits per heavy atom. The van der Waals surface area contributed by atoms with Crippen LogP contribution in [0.3, 0.4) is 0 Å². The summed E-state index contributed by atoms with van der Waals surface area (Å²) < 4.78 is 0. The number of amides is 3. The largest absolute Gasteiger partial charge is 0.332 e. The molecule has 0 spiro atoms. The first-order valence-corrected chi connectivity index (χ1v) is 8.27. The van der Waals surface area contributed by atoms with Gasteiger partial charge in [0.1, 0.15) is 0 Å². The highest BCUT2D eigenvalue weighted by molar-refractivity contribution is 6.00. The Morgan fingerprint density at radius 2 is 1.58 bits per heavy atom. The van der Waals surface area contributed by atoms with Gasteiger partial charge in [0.25, 0.3) is 5.91 Å². The van der Waals surface area contributed by atoms with Crippen molar-refractivity contribution >= 4 is 29.1 Å². The van der Waals surface area contributed by atoms with E-state index in [2.05, 4.69) is 10.6 Å². The zero-order valence-electron chi connectivity index (χ0n) is 15.4. The topological polar surface area (TPSA) is 78.5 Å². The number of hydrogen-bond donors (Lipinski definition) is 2. The maximum atomic E-state index is 12.5. The minimum atomic E-state index is -0.297. The van der Waals surface area contributed by atoms with E-state index in [-0.39, 0.29) is 24.3 Å². The summed E-state index contributed by atoms with van der Waals surface area (Å²) in [5, 5.41) is 5.50. The highest BCUT2D eigenvalue weighted by Gasteiger charge is 2.16. The van der Waals surface area contributed by atoms with Crippen LogP contribution in [-0.4, -0.2) is 36.2 Å². The fourth-order valence-corrected chi connectivity index (χ4v) is 2.63. The van der Waals surface area contributed by atoms with Crippen molar-refractivity contribution in [3.05, 3.63) is 59.2 Å². The second-order valence-corrected chi connectivity index (χ2v) is 6.24. The van der Waals surface area contributed by atoms with Crippen LogP contribution in [0.1, 0.15) is 28.4 Å². The van der Waals surface area contributed by atoms with Crippen LogP contribution in [0.5, 0.6) is 0 Å². The van der Waals surface area contributed by atoms with E-state index in [1.54, 1.807) is 31.3 Å². The van der Waals surface area contributed by atoms with Crippen molar-refractivity contribution in [3.63, 3.8) is 0 Å². The molecular weight excluding hydrogens is 330 g/mol. The Kier molecular flexibility index (Phi) is 6.11. The van der Waals surface area contributed by atoms with E-state index in [1.807, 2.05) is 32.0 Å². The third kappa shape index (κ3) is 4.92. The fourth-order valence-electron chi connectivity index (χ4n) is 2.63. The zero-order chi connectivity index (χ0) is 19.3. The second kappa shape index (κ2) is 8.29. The van der Waals surface area contributed by atoms with E-state index in [0.717, 1.165) is 16.8 Å². The van der Waals surface area contributed by atoms with Crippen LogP contribution in [0, 0.1) is 13.8 Å². The van der Waals surface area contributed by atoms with Crippen LogP contribution in [0.2, 0.25) is 0 Å². The molecule has 0 unspecified atom stereocenters. The van der Waals surface area contributed by atoms with Gasteiger partial charge in [0.15, 0.2) is 0 Å². The van der Waals surface area contributed by atoms with E-state index < -0.39 is 0 Å². The Balaban J connectivity index is 2.04. The molecule has 2 aromatic rings. The molecule has 0 radical (unpaired) electrons. The molecule has 2 rings (SSSR count). The van der Waals surface area contributed by atoms with E-state index in [1.165, 1.54) is 11.8 Å². The van der Waals surface area contributed by atoms with Gasteiger partial charge in [0.2, 0.25) is 11.8 Å². The average molecular weight is 353 g/mol. The summed E-state index contributed by atoms with van der Waals surface area (Å²) >= 11 is 0. The van der Waals surface area contributed by atoms with Gasteiger partial charge in [-0.1, -0.05) is 24.3 Å². The quantitative estimate of drug-likeness (QED) is 0.867. The Labute approximate surface area is 153 Å². The van der Waals surface area contributed by atoms with Gasteiger partial charge >= 0.3 is 0 Å². The van der Waals surface area contributed by atoms with E-state index in [4.69, 9.17) is 0 Å². The minimum Gasteiger partial charge on any atom is -0.332 e. The lowest BCUT2D eigenvalue weighted by Gasteiger charge is -2.18. The molecular formula is C20H23N3O3. The van der Waals surface area contributed by atoms with Gasteiger partial charge in [-0.2, -0.15) is 0 Å². The standard InChI is InChI=1S/C20H23N3O3/c1-13-7-5-8-14(2)19(13)22-18(25)12-23(4)20(26)16-9-6-10-17(11-16)21-15(3)24/h5-11H,12H2,1-4H3,(H,21,24)(H,22,25). The number of likely N-dealkylation sites (N-methyl/N-ethyl adjacent to an activating group) is 1. The molecule has 6 nitrogen and oxygen atoms in total. The first-order valence-electron chi connectivity index (χ1n) is 8.27. The molecule has 0 aliphatic carbocycles. The lowest BCUT2D eigenvalue weighted by Crippen LogP contribution is -2.35. The molecule has 6 heteroatoms. The summed E-state index contributed by atoms with van der Waals surface area (Å²) in [4.78, 5) is 37.3. The molecule has 0 saturated heterocycles. The average Bonchev–Trinajstić information content (AvgIpc) is 2.57. The number of para-hydroxylation sites is 1. The Bertz CT molecular complexity index is 826. The first-order chi connectivity index (χ1) is 12.3. The van der Waals surface area contributed by atoms with Crippen molar-refractivity contribution in [2.45, 2.75) is 20.8 Å². The SMILES string of the molecule is CC(=O)Nc1cccc(C(=O)N(C)CC(=O)Nc2c(C)cccc2C)c1. The van der Waals surface area contributed by atoms with E-state index in [9.17, 15) is 14.4 Å². The number of hydrogen-bond acceptors (Lipinski definition) is 3. The molecule has 0 aliphatic heterocycles. The lowest BCUT2D eigenvalue weighted by atomic mass is 10.1. The van der Waals surface area contributed by atoms with Crippen LogP contribution < -0.4 is 10.6 Å². The summed E-state index contributed by atoms with van der Waals surface area (Å²) in [5.74, 6) is -0.777. The van der Waals surface area contributed by atoms with Crippen molar-refractivity contribution in [2.75, 3.05) is 24.2 Å². The monoisotopic (exact) mass is 353 g/mol. The van der Waals surface area contributed by atoms with Crippen LogP contribution in [0.15, 0.2) is 42.5 Å². The van der Waals surface area contributed by atoms with Gasteiger partial charge in [-0.05, 0) is 43.2 Å². The first kappa shape index (κ1) is 19.2. The van der Waals surface area contributed by atoms with Crippen molar-refractivity contribution in [2.24, 2.45) is 0 Å². The van der Waals surface area contributed by atoms with Crippen LogP contribution in [-0.2, 0) is 9.59 Å². The molecule has 3 amide bonds. The minimum absolute atomic E-state index is 0.0724. The predicted octanol–water partition coefficient (Wildman–Crippen LogP) is 2.97. The number of benzene rings is 2. The second-order valence-electron chi connectivity index (χ2n) is 6.24. The normalized spacial score (nSPS) is 10.2. The molecule has 2 aromatic carbocycles. The Hall–Kier alpha value is -3.15. The third-order valence-corrected chi connectivity index (χ3v) is 3.90. The number of carbonyl (C=O) groups excluding carboxylic acids is 3. The highest BCUT2D eigenvalue weighted by atomic mass is 16.2. The van der Waals surface area contributed by atoms with Crippen molar-refractivity contribution in [3.8, 4) is 0 Å². The summed E-state index contributed by atoms with van der Waals surface area (Å²) in [7, 11) is 1.57. The summed E-state index contributed by atoms with van der Waals surface area (Å²) in [6, 6.07) is 12.4. The van der Waals surface area contributed by atoms with Crippen molar-refractivity contribution < 1.29 is 14.4 Å². The summed E-state index contributed by atoms with van der Waals surface area (Å²) in [5.41, 5.74) is 3.65. The molecule has 0 saturated carbocycles. The predicted molar refractivity (Wildman–Crippen MR) is 102 cm³/mol. The Morgan fingerprint density at radius 3 is 2.19 bits per heavy atom. The number of aryl methyl sites for hydroxylation is 2. The maximum Gasteiger partial charge on any atom is 0.254 e. The molecule has 0 aliphatic rings. The molecule has 0 atom stereocenters. The van der Waals surface area contributed by atoms with Gasteiger partial charge in [-0.3, -0.25) is 14.4 Å². The van der Waals surface area contributed by atoms with E-state index in [0.29, 0.717) is 11.3 Å². The van der Waals surface area contributed by atoms with Crippen LogP contribution in [0.25, 0.3) is 0 Å². The van der Waals surface area contributed by atoms with Crippen LogP contribution in [0.4, 0.5) is 11.4 Å². The van der Waals surface area contributed by atoms with Crippen LogP contribution >= 0.6 is 0 Å². The third-order valence-electron chi connectivity index (χ3n) is 3.90. The zero-order valence-corrected chi connectivity index (χ0v) is 15.4. The number of rotatable bonds is 5. The van der Waals surface area contributed by atoms with Gasteiger partial charge in [-0.15, -0.1) is 0 Å². The van der Waals surface area contributed by atoms with Gasteiger partial charge in [-0.25, -0.2) is 0 Å². The molecule has 0 aromatic heterocycles. The fraction of sp³-hybridized carbons (Fsp3) is 0.250. The molecule has 0 bridgehead atoms. The molecule has 2 N–H and O–H groups in total. The molecule has 26 heavy (non-hydrogen) atoms. The smallest absolute Gasteiger partial charge is 0.254 e. The van der Waals surface area contributed by atoms with Gasteiger partial charge in [0, 0.05) is 30.9 Å². The number of nitrogens with zero attached hydrogens (tertiary/aromatic N) is 1. The van der Waals surface area contributed by atoms with E-state index >= 15 is 0 Å².